The molecule has 2 amide bonds. The minimum absolute atomic E-state index is 0.0603. The van der Waals surface area contributed by atoms with E-state index in [1.807, 2.05) is 0 Å². The highest BCUT2D eigenvalue weighted by Crippen LogP contribution is 2.53. The first-order chi connectivity index (χ1) is 17.1. The summed E-state index contributed by atoms with van der Waals surface area (Å²) in [6, 6.07) is 5.23. The monoisotopic (exact) mass is 532 g/mol. The molecule has 0 aliphatic heterocycles. The van der Waals surface area contributed by atoms with Crippen LogP contribution < -0.4 is 10.6 Å². The molecule has 0 fully saturated rings. The third kappa shape index (κ3) is 5.24. The van der Waals surface area contributed by atoms with Crippen molar-refractivity contribution in [3.63, 3.8) is 0 Å². The van der Waals surface area contributed by atoms with Crippen LogP contribution in [0.4, 0.5) is 36.4 Å². The molecule has 198 valence electrons. The number of anilines is 1. The van der Waals surface area contributed by atoms with Crippen LogP contribution in [0.1, 0.15) is 45.7 Å². The largest absolute Gasteiger partial charge is 0.435 e. The molecule has 2 aromatic carbocycles. The van der Waals surface area contributed by atoms with Crippen molar-refractivity contribution < 1.29 is 40.3 Å². The van der Waals surface area contributed by atoms with E-state index in [4.69, 9.17) is 0 Å². The normalized spacial score (nSPS) is 12.5. The molecule has 3 aromatic rings. The number of nitrogens with one attached hydrogen (secondary N) is 2. The number of benzene rings is 2. The molecule has 3 rings (SSSR count). The van der Waals surface area contributed by atoms with Crippen LogP contribution in [0.3, 0.4) is 0 Å². The number of hydrogen-bond acceptors (Lipinski definition) is 5. The molecule has 8 nitrogen and oxygen atoms in total. The van der Waals surface area contributed by atoms with Crippen LogP contribution in [0, 0.1) is 6.92 Å². The van der Waals surface area contributed by atoms with Crippen LogP contribution in [0.2, 0.25) is 0 Å². The predicted octanol–water partition coefficient (Wildman–Crippen LogP) is 4.65. The van der Waals surface area contributed by atoms with Crippen LogP contribution >= 0.6 is 0 Å². The van der Waals surface area contributed by atoms with Crippen molar-refractivity contribution in [2.75, 3.05) is 5.32 Å². The fourth-order valence-corrected chi connectivity index (χ4v) is 3.46. The summed E-state index contributed by atoms with van der Waals surface area (Å²) in [5, 5.41) is 15.6. The quantitative estimate of drug-likeness (QED) is 0.450. The first-order valence-electron chi connectivity index (χ1n) is 10.5. The smallest absolute Gasteiger partial charge is 0.350 e. The molecule has 0 unspecified atom stereocenters. The number of tetrazole rings is 1. The third-order valence-electron chi connectivity index (χ3n) is 5.18. The van der Waals surface area contributed by atoms with E-state index in [-0.39, 0.29) is 40.2 Å². The number of nitrogens with zero attached hydrogens (tertiary/aromatic N) is 4. The Labute approximate surface area is 204 Å². The van der Waals surface area contributed by atoms with Crippen molar-refractivity contribution in [3.05, 3.63) is 65.0 Å². The van der Waals surface area contributed by atoms with Gasteiger partial charge in [-0.15, -0.1) is 5.10 Å². The van der Waals surface area contributed by atoms with Gasteiger partial charge in [0.2, 0.25) is 0 Å². The van der Waals surface area contributed by atoms with Gasteiger partial charge in [-0.05, 0) is 55.0 Å². The van der Waals surface area contributed by atoms with Gasteiger partial charge in [0.1, 0.15) is 6.33 Å². The first-order valence-corrected chi connectivity index (χ1v) is 10.5. The van der Waals surface area contributed by atoms with Gasteiger partial charge in [-0.1, -0.05) is 18.2 Å². The molecule has 0 atom stereocenters. The molecule has 1 aromatic heterocycles. The summed E-state index contributed by atoms with van der Waals surface area (Å²) in [5.41, 5.74) is -8.12. The van der Waals surface area contributed by atoms with E-state index < -0.39 is 35.4 Å². The van der Waals surface area contributed by atoms with E-state index in [2.05, 4.69) is 26.2 Å². The summed E-state index contributed by atoms with van der Waals surface area (Å²) in [5.74, 6) is -1.59. The van der Waals surface area contributed by atoms with Gasteiger partial charge in [0, 0.05) is 17.3 Å². The number of aryl methyl sites for hydroxylation is 1. The highest BCUT2D eigenvalue weighted by molar-refractivity contribution is 6.14. The van der Waals surface area contributed by atoms with Crippen molar-refractivity contribution in [2.24, 2.45) is 0 Å². The van der Waals surface area contributed by atoms with Crippen molar-refractivity contribution in [1.82, 2.24) is 25.5 Å². The summed E-state index contributed by atoms with van der Waals surface area (Å²) in [7, 11) is 0. The Bertz CT molecular complexity index is 1290. The van der Waals surface area contributed by atoms with E-state index in [0.29, 0.717) is 12.1 Å². The molecule has 0 aliphatic rings. The molecule has 37 heavy (non-hydrogen) atoms. The standard InChI is InChI=1S/C22H19F7N6O2/c1-11(2)31-18(36)14-5-4-6-16(35-10-30-33-34-35)17(14)19(37)32-15-8-7-13(9-12(15)3)20(23,21(24,25)26)22(27,28)29/h4-11H,1-3H3,(H,31,36)(H,32,37). The van der Waals surface area contributed by atoms with Crippen LogP contribution in [0.5, 0.6) is 0 Å². The lowest BCUT2D eigenvalue weighted by molar-refractivity contribution is -0.348. The minimum Gasteiger partial charge on any atom is -0.350 e. The Kier molecular flexibility index (Phi) is 7.28. The van der Waals surface area contributed by atoms with Gasteiger partial charge >= 0.3 is 18.0 Å². The number of halogens is 7. The van der Waals surface area contributed by atoms with Gasteiger partial charge in [-0.3, -0.25) is 9.59 Å². The Hall–Kier alpha value is -4.04. The second-order valence-electron chi connectivity index (χ2n) is 8.22. The van der Waals surface area contributed by atoms with Crippen LogP contribution in [0.25, 0.3) is 5.69 Å². The lowest BCUT2D eigenvalue weighted by Gasteiger charge is -2.30. The number of amides is 2. The number of aromatic nitrogens is 4. The maximum atomic E-state index is 14.4. The number of alkyl halides is 7. The zero-order chi connectivity index (χ0) is 27.8. The summed E-state index contributed by atoms with van der Waals surface area (Å²) in [4.78, 5) is 26.0. The summed E-state index contributed by atoms with van der Waals surface area (Å²) in [6.45, 7) is 4.45. The van der Waals surface area contributed by atoms with E-state index in [1.54, 1.807) is 13.8 Å². The molecule has 0 aliphatic carbocycles. The highest BCUT2D eigenvalue weighted by Gasteiger charge is 2.73. The molecule has 0 spiro atoms. The molecule has 0 bridgehead atoms. The SMILES string of the molecule is Cc1cc(C(F)(C(F)(F)F)C(F)(F)F)ccc1NC(=O)c1c(C(=O)NC(C)C)cccc1-n1cnnn1. The van der Waals surface area contributed by atoms with Crippen LogP contribution in [-0.4, -0.2) is 50.4 Å². The summed E-state index contributed by atoms with van der Waals surface area (Å²) >= 11 is 0. The van der Waals surface area contributed by atoms with Crippen molar-refractivity contribution >= 4 is 17.5 Å². The molecule has 0 radical (unpaired) electrons. The third-order valence-corrected chi connectivity index (χ3v) is 5.18. The summed E-state index contributed by atoms with van der Waals surface area (Å²) < 4.78 is 94.2. The van der Waals surface area contributed by atoms with Crippen molar-refractivity contribution in [1.29, 1.82) is 0 Å². The van der Waals surface area contributed by atoms with E-state index in [0.717, 1.165) is 17.9 Å². The topological polar surface area (TPSA) is 102 Å². The average Bonchev–Trinajstić information content (AvgIpc) is 3.32. The lowest BCUT2D eigenvalue weighted by atomic mass is 9.92. The minimum atomic E-state index is -6.29. The molecular formula is C22H19F7N6O2. The number of rotatable bonds is 6. The number of hydrogen-bond donors (Lipinski definition) is 2. The predicted molar refractivity (Wildman–Crippen MR) is 116 cm³/mol. The summed E-state index contributed by atoms with van der Waals surface area (Å²) in [6.07, 6.45) is -11.4. The molecule has 1 heterocycles. The van der Waals surface area contributed by atoms with Crippen molar-refractivity contribution in [2.45, 2.75) is 44.8 Å². The molecule has 0 saturated heterocycles. The van der Waals surface area contributed by atoms with Crippen molar-refractivity contribution in [3.8, 4) is 5.69 Å². The Balaban J connectivity index is 2.06. The van der Waals surface area contributed by atoms with E-state index in [1.165, 1.54) is 18.2 Å². The van der Waals surface area contributed by atoms with Gasteiger partial charge in [0.05, 0.1) is 16.8 Å². The van der Waals surface area contributed by atoms with Gasteiger partial charge in [-0.2, -0.15) is 31.0 Å². The fourth-order valence-electron chi connectivity index (χ4n) is 3.46. The maximum Gasteiger partial charge on any atom is 0.435 e. The Morgan fingerprint density at radius 2 is 1.59 bits per heavy atom. The van der Waals surface area contributed by atoms with Gasteiger partial charge in [0.25, 0.3) is 11.8 Å². The second-order valence-corrected chi connectivity index (χ2v) is 8.22. The average molecular weight is 532 g/mol. The highest BCUT2D eigenvalue weighted by atomic mass is 19.4. The van der Waals surface area contributed by atoms with E-state index >= 15 is 0 Å². The zero-order valence-corrected chi connectivity index (χ0v) is 19.4. The van der Waals surface area contributed by atoms with E-state index in [9.17, 15) is 40.3 Å². The Morgan fingerprint density at radius 3 is 2.11 bits per heavy atom. The zero-order valence-electron chi connectivity index (χ0n) is 19.4. The Morgan fingerprint density at radius 1 is 0.946 bits per heavy atom. The van der Waals surface area contributed by atoms with Crippen LogP contribution in [0.15, 0.2) is 42.7 Å². The molecule has 15 heteroatoms. The number of carbonyl (C=O) groups excluding carboxylic acids is 2. The fraction of sp³-hybridized carbons (Fsp3) is 0.318. The maximum absolute atomic E-state index is 14.4. The van der Waals surface area contributed by atoms with Gasteiger partial charge in [0.15, 0.2) is 0 Å². The lowest BCUT2D eigenvalue weighted by Crippen LogP contribution is -2.50. The van der Waals surface area contributed by atoms with Gasteiger partial charge < -0.3 is 10.6 Å². The van der Waals surface area contributed by atoms with Gasteiger partial charge in [-0.25, -0.2) is 4.39 Å². The molecule has 2 N–H and O–H groups in total. The molecular weight excluding hydrogens is 513 g/mol. The second kappa shape index (κ2) is 9.78. The first kappa shape index (κ1) is 27.5. The number of carbonyl (C=O) groups is 2. The van der Waals surface area contributed by atoms with Crippen LogP contribution in [-0.2, 0) is 5.67 Å². The molecule has 0 saturated carbocycles.